The van der Waals surface area contributed by atoms with Crippen LogP contribution in [-0.2, 0) is 0 Å². The first-order chi connectivity index (χ1) is 7.65. The first-order valence-corrected chi connectivity index (χ1v) is 6.35. The molecule has 0 saturated heterocycles. The van der Waals surface area contributed by atoms with Crippen LogP contribution in [0.25, 0.3) is 0 Å². The molecule has 1 atom stereocenters. The van der Waals surface area contributed by atoms with Crippen LogP contribution in [0.3, 0.4) is 0 Å². The lowest BCUT2D eigenvalue weighted by atomic mass is 9.99. The molecule has 1 aliphatic carbocycles. The molecule has 4 nitrogen and oxygen atoms in total. The third-order valence-electron chi connectivity index (χ3n) is 3.58. The summed E-state index contributed by atoms with van der Waals surface area (Å²) in [5.41, 5.74) is 6.09. The second-order valence-electron chi connectivity index (χ2n) is 5.03. The summed E-state index contributed by atoms with van der Waals surface area (Å²) >= 11 is 0. The monoisotopic (exact) mass is 227 g/mol. The summed E-state index contributed by atoms with van der Waals surface area (Å²) in [5.74, 6) is 0.319. The van der Waals surface area contributed by atoms with E-state index in [1.807, 2.05) is 0 Å². The third kappa shape index (κ3) is 4.00. The molecule has 0 spiro atoms. The van der Waals surface area contributed by atoms with Gasteiger partial charge in [0.1, 0.15) is 5.84 Å². The number of nitrogens with one attached hydrogen (secondary N) is 1. The molecule has 1 fully saturated rings. The Hall–Kier alpha value is -0.770. The first kappa shape index (κ1) is 13.3. The lowest BCUT2D eigenvalue weighted by molar-refractivity contribution is 0.314. The van der Waals surface area contributed by atoms with E-state index in [1.165, 1.54) is 25.7 Å². The van der Waals surface area contributed by atoms with Gasteiger partial charge < -0.3 is 16.3 Å². The molecular formula is C12H25N3O. The third-order valence-corrected chi connectivity index (χ3v) is 3.58. The van der Waals surface area contributed by atoms with Crippen molar-refractivity contribution >= 4 is 5.84 Å². The van der Waals surface area contributed by atoms with Gasteiger partial charge in [0.15, 0.2) is 0 Å². The quantitative estimate of drug-likeness (QED) is 0.257. The summed E-state index contributed by atoms with van der Waals surface area (Å²) in [6.07, 6.45) is 6.94. The lowest BCUT2D eigenvalue weighted by Crippen LogP contribution is -2.36. The molecular weight excluding hydrogens is 202 g/mol. The van der Waals surface area contributed by atoms with Crippen LogP contribution in [0.1, 0.15) is 52.4 Å². The first-order valence-electron chi connectivity index (χ1n) is 6.35. The predicted molar refractivity (Wildman–Crippen MR) is 66.7 cm³/mol. The zero-order chi connectivity index (χ0) is 12.0. The van der Waals surface area contributed by atoms with Crippen LogP contribution in [0.5, 0.6) is 0 Å². The average Bonchev–Trinajstić information content (AvgIpc) is 3.04. The maximum atomic E-state index is 8.54. The fourth-order valence-electron chi connectivity index (χ4n) is 2.24. The Kier molecular flexibility index (Phi) is 5.06. The molecule has 0 bridgehead atoms. The van der Waals surface area contributed by atoms with Gasteiger partial charge in [-0.3, -0.25) is 0 Å². The molecule has 4 N–H and O–H groups in total. The molecule has 0 amide bonds. The summed E-state index contributed by atoms with van der Waals surface area (Å²) < 4.78 is 0. The molecule has 0 heterocycles. The van der Waals surface area contributed by atoms with Gasteiger partial charge in [0.2, 0.25) is 0 Å². The van der Waals surface area contributed by atoms with Crippen LogP contribution in [0.4, 0.5) is 0 Å². The Morgan fingerprint density at radius 1 is 1.50 bits per heavy atom. The van der Waals surface area contributed by atoms with Crippen LogP contribution in [0.15, 0.2) is 5.16 Å². The molecule has 1 saturated carbocycles. The van der Waals surface area contributed by atoms with Gasteiger partial charge in [-0.2, -0.15) is 0 Å². The Balaban J connectivity index is 2.28. The summed E-state index contributed by atoms with van der Waals surface area (Å²) in [5, 5.41) is 15.1. The molecule has 0 aromatic heterocycles. The predicted octanol–water partition coefficient (Wildman–Crippen LogP) is 2.07. The van der Waals surface area contributed by atoms with E-state index in [-0.39, 0.29) is 0 Å². The molecule has 16 heavy (non-hydrogen) atoms. The number of rotatable bonds is 8. The van der Waals surface area contributed by atoms with Crippen molar-refractivity contribution in [3.8, 4) is 0 Å². The number of hydrogen-bond donors (Lipinski definition) is 3. The van der Waals surface area contributed by atoms with Gasteiger partial charge >= 0.3 is 0 Å². The van der Waals surface area contributed by atoms with E-state index in [2.05, 4.69) is 24.3 Å². The van der Waals surface area contributed by atoms with Gasteiger partial charge in [0.25, 0.3) is 0 Å². The fourth-order valence-corrected chi connectivity index (χ4v) is 2.24. The van der Waals surface area contributed by atoms with Crippen LogP contribution in [0.2, 0.25) is 0 Å². The second-order valence-corrected chi connectivity index (χ2v) is 5.03. The summed E-state index contributed by atoms with van der Waals surface area (Å²) in [4.78, 5) is 0. The molecule has 4 heteroatoms. The minimum Gasteiger partial charge on any atom is -0.409 e. The van der Waals surface area contributed by atoms with Crippen molar-refractivity contribution in [3.63, 3.8) is 0 Å². The molecule has 1 rings (SSSR count). The van der Waals surface area contributed by atoms with Crippen molar-refractivity contribution in [3.05, 3.63) is 0 Å². The molecule has 1 aliphatic rings. The molecule has 0 radical (unpaired) electrons. The Labute approximate surface area is 98.3 Å². The molecule has 0 aromatic carbocycles. The number of hydrogen-bond acceptors (Lipinski definition) is 3. The van der Waals surface area contributed by atoms with E-state index in [4.69, 9.17) is 10.9 Å². The average molecular weight is 227 g/mol. The smallest absolute Gasteiger partial charge is 0.140 e. The van der Waals surface area contributed by atoms with E-state index < -0.39 is 0 Å². The Bertz CT molecular complexity index is 236. The second kappa shape index (κ2) is 6.09. The van der Waals surface area contributed by atoms with E-state index in [9.17, 15) is 0 Å². The molecule has 94 valence electrons. The van der Waals surface area contributed by atoms with Crippen molar-refractivity contribution < 1.29 is 5.21 Å². The molecule has 1 unspecified atom stereocenters. The lowest BCUT2D eigenvalue weighted by Gasteiger charge is -2.21. The van der Waals surface area contributed by atoms with Gasteiger partial charge in [0, 0.05) is 19.0 Å². The van der Waals surface area contributed by atoms with Gasteiger partial charge in [0.05, 0.1) is 0 Å². The largest absolute Gasteiger partial charge is 0.409 e. The maximum Gasteiger partial charge on any atom is 0.140 e. The molecule has 0 aliphatic heterocycles. The van der Waals surface area contributed by atoms with E-state index in [0.717, 1.165) is 13.0 Å². The number of nitrogens with zero attached hydrogens (tertiary/aromatic N) is 1. The summed E-state index contributed by atoms with van der Waals surface area (Å²) in [6, 6.07) is 0.338. The van der Waals surface area contributed by atoms with Crippen molar-refractivity contribution in [1.29, 1.82) is 0 Å². The maximum absolute atomic E-state index is 8.54. The fraction of sp³-hybridized carbons (Fsp3) is 0.917. The van der Waals surface area contributed by atoms with Crippen molar-refractivity contribution in [2.24, 2.45) is 16.3 Å². The van der Waals surface area contributed by atoms with Gasteiger partial charge in [-0.1, -0.05) is 25.4 Å². The van der Waals surface area contributed by atoms with Crippen LogP contribution in [-0.4, -0.2) is 23.6 Å². The van der Waals surface area contributed by atoms with Crippen LogP contribution in [0, 0.1) is 5.41 Å². The normalized spacial score (nSPS) is 20.8. The van der Waals surface area contributed by atoms with Crippen LogP contribution < -0.4 is 11.1 Å². The van der Waals surface area contributed by atoms with Crippen molar-refractivity contribution in [2.75, 3.05) is 6.54 Å². The SMILES string of the molecule is CCCC1(CNC(CC)CC(N)=NO)CC1. The van der Waals surface area contributed by atoms with E-state index >= 15 is 0 Å². The Morgan fingerprint density at radius 3 is 2.62 bits per heavy atom. The van der Waals surface area contributed by atoms with Gasteiger partial charge in [-0.05, 0) is 31.1 Å². The molecule has 0 aromatic rings. The number of nitrogens with two attached hydrogens (primary N) is 1. The van der Waals surface area contributed by atoms with E-state index in [1.54, 1.807) is 0 Å². The van der Waals surface area contributed by atoms with Crippen LogP contribution >= 0.6 is 0 Å². The topological polar surface area (TPSA) is 70.6 Å². The number of amidine groups is 1. The van der Waals surface area contributed by atoms with Gasteiger partial charge in [-0.15, -0.1) is 0 Å². The Morgan fingerprint density at radius 2 is 2.19 bits per heavy atom. The highest BCUT2D eigenvalue weighted by Crippen LogP contribution is 2.49. The highest BCUT2D eigenvalue weighted by atomic mass is 16.4. The minimum atomic E-state index is 0.319. The van der Waals surface area contributed by atoms with E-state index in [0.29, 0.717) is 23.7 Å². The van der Waals surface area contributed by atoms with Gasteiger partial charge in [-0.25, -0.2) is 0 Å². The zero-order valence-electron chi connectivity index (χ0n) is 10.5. The highest BCUT2D eigenvalue weighted by Gasteiger charge is 2.41. The minimum absolute atomic E-state index is 0.319. The zero-order valence-corrected chi connectivity index (χ0v) is 10.5. The number of oxime groups is 1. The van der Waals surface area contributed by atoms with Crippen molar-refractivity contribution in [2.45, 2.75) is 58.4 Å². The standard InChI is InChI=1S/C12H25N3O/c1-3-5-12(6-7-12)9-14-10(4-2)8-11(13)15-16/h10,14,16H,3-9H2,1-2H3,(H2,13,15). The van der Waals surface area contributed by atoms with Crippen molar-refractivity contribution in [1.82, 2.24) is 5.32 Å². The summed E-state index contributed by atoms with van der Waals surface area (Å²) in [7, 11) is 0. The summed E-state index contributed by atoms with van der Waals surface area (Å²) in [6.45, 7) is 5.45. The highest BCUT2D eigenvalue weighted by molar-refractivity contribution is 5.80.